The molecule has 0 aromatic heterocycles. The predicted molar refractivity (Wildman–Crippen MR) is 45.9 cm³/mol. The Bertz CT molecular complexity index is 285. The van der Waals surface area contributed by atoms with Crippen LogP contribution in [-0.2, 0) is 24.0 Å². The molecule has 0 atom stereocenters. The third kappa shape index (κ3) is 3.04. The molecule has 0 aromatic carbocycles. The van der Waals surface area contributed by atoms with Crippen LogP contribution >= 0.6 is 0 Å². The van der Waals surface area contributed by atoms with Gasteiger partial charge < -0.3 is 10.2 Å². The Morgan fingerprint density at radius 2 is 2.00 bits per heavy atom. The van der Waals surface area contributed by atoms with E-state index in [0.29, 0.717) is 11.5 Å². The first-order valence-corrected chi connectivity index (χ1v) is 4.38. The summed E-state index contributed by atoms with van der Waals surface area (Å²) in [6, 6.07) is 0. The van der Waals surface area contributed by atoms with Gasteiger partial charge in [-0.05, 0) is 0 Å². The first-order valence-electron chi connectivity index (χ1n) is 4.38. The van der Waals surface area contributed by atoms with E-state index in [1.54, 1.807) is 0 Å². The zero-order chi connectivity index (χ0) is 11.3. The van der Waals surface area contributed by atoms with E-state index in [1.165, 1.54) is 0 Å². The minimum atomic E-state index is -0.729. The van der Waals surface area contributed by atoms with Gasteiger partial charge in [-0.3, -0.25) is 14.4 Å². The topological polar surface area (TPSA) is 92.8 Å². The predicted octanol–water partition coefficient (Wildman–Crippen LogP) is -1.27. The number of rotatable bonds is 5. The molecule has 0 unspecified atom stereocenters. The number of nitrogens with zero attached hydrogens (tertiary/aromatic N) is 1. The van der Waals surface area contributed by atoms with Crippen LogP contribution in [0.4, 0.5) is 0 Å². The molecule has 0 radical (unpaired) electrons. The summed E-state index contributed by atoms with van der Waals surface area (Å²) < 4.78 is 0. The average molecular weight is 214 g/mol. The number of carbonyl (C=O) groups excluding carboxylic acids is 4. The van der Waals surface area contributed by atoms with Crippen LogP contribution in [0.3, 0.4) is 0 Å². The van der Waals surface area contributed by atoms with Crippen LogP contribution in [0.5, 0.6) is 0 Å². The van der Waals surface area contributed by atoms with E-state index in [4.69, 9.17) is 0 Å². The maximum Gasteiger partial charge on any atom is 0.334 e. The second-order valence-corrected chi connectivity index (χ2v) is 2.87. The van der Waals surface area contributed by atoms with Gasteiger partial charge in [-0.25, -0.2) is 4.79 Å². The van der Waals surface area contributed by atoms with Crippen LogP contribution in [0.15, 0.2) is 0 Å². The fraction of sp³-hybridized carbons (Fsp3) is 0.500. The summed E-state index contributed by atoms with van der Waals surface area (Å²) in [5.41, 5.74) is 0. The third-order valence-electron chi connectivity index (χ3n) is 1.76. The quantitative estimate of drug-likeness (QED) is 0.350. The molecule has 1 heterocycles. The van der Waals surface area contributed by atoms with Crippen LogP contribution in [0.25, 0.3) is 0 Å². The molecule has 1 rings (SSSR count). The van der Waals surface area contributed by atoms with Gasteiger partial charge in [0.25, 0.3) is 11.8 Å². The molecular formula is C8H10N2O5. The number of nitrogens with one attached hydrogen (secondary N) is 1. The molecule has 1 fully saturated rings. The smallest absolute Gasteiger partial charge is 0.334 e. The van der Waals surface area contributed by atoms with Crippen LogP contribution in [0.2, 0.25) is 0 Å². The molecule has 3 amide bonds. The number of hydrogen-bond donors (Lipinski definition) is 1. The highest BCUT2D eigenvalue weighted by Gasteiger charge is 2.32. The van der Waals surface area contributed by atoms with Crippen molar-refractivity contribution in [1.82, 2.24) is 10.4 Å². The normalized spacial score (nSPS) is 15.3. The molecule has 7 heteroatoms. The molecule has 1 saturated heterocycles. The fourth-order valence-electron chi connectivity index (χ4n) is 1.04. The van der Waals surface area contributed by atoms with Crippen LogP contribution in [-0.4, -0.2) is 35.8 Å². The molecule has 0 bridgehead atoms. The lowest BCUT2D eigenvalue weighted by atomic mass is 10.4. The van der Waals surface area contributed by atoms with Gasteiger partial charge in [0.1, 0.15) is 0 Å². The Balaban J connectivity index is 2.33. The Morgan fingerprint density at radius 3 is 2.53 bits per heavy atom. The Hall–Kier alpha value is -1.92. The van der Waals surface area contributed by atoms with Crippen molar-refractivity contribution in [3.05, 3.63) is 0 Å². The molecule has 0 spiro atoms. The van der Waals surface area contributed by atoms with Gasteiger partial charge in [-0.15, -0.1) is 5.06 Å². The highest BCUT2D eigenvalue weighted by molar-refractivity contribution is 6.01. The summed E-state index contributed by atoms with van der Waals surface area (Å²) in [5.74, 6) is -1.76. The standard InChI is InChI=1S/C8H10N2O5/c11-5-9-4-3-8(14)15-10-6(12)1-2-7(10)13/h5H,1-4H2,(H,9,11). The van der Waals surface area contributed by atoms with Gasteiger partial charge in [0, 0.05) is 19.4 Å². The number of carbonyl (C=O) groups is 4. The highest BCUT2D eigenvalue weighted by atomic mass is 16.7. The van der Waals surface area contributed by atoms with E-state index in [0.717, 1.165) is 0 Å². The second-order valence-electron chi connectivity index (χ2n) is 2.87. The van der Waals surface area contributed by atoms with Gasteiger partial charge in [0.2, 0.25) is 6.41 Å². The first-order chi connectivity index (χ1) is 7.15. The van der Waals surface area contributed by atoms with Crippen LogP contribution in [0.1, 0.15) is 19.3 Å². The average Bonchev–Trinajstić information content (AvgIpc) is 2.50. The largest absolute Gasteiger partial charge is 0.358 e. The van der Waals surface area contributed by atoms with E-state index in [9.17, 15) is 19.2 Å². The lowest BCUT2D eigenvalue weighted by Crippen LogP contribution is -2.33. The van der Waals surface area contributed by atoms with Crippen molar-refractivity contribution in [2.24, 2.45) is 0 Å². The van der Waals surface area contributed by atoms with Crippen molar-refractivity contribution in [2.45, 2.75) is 19.3 Å². The molecule has 0 aliphatic carbocycles. The van der Waals surface area contributed by atoms with Gasteiger partial charge in [-0.1, -0.05) is 0 Å². The lowest BCUT2D eigenvalue weighted by molar-refractivity contribution is -0.197. The minimum Gasteiger partial charge on any atom is -0.358 e. The molecule has 0 aromatic rings. The summed E-state index contributed by atoms with van der Waals surface area (Å²) >= 11 is 0. The first kappa shape index (κ1) is 11.2. The van der Waals surface area contributed by atoms with Crippen molar-refractivity contribution in [3.63, 3.8) is 0 Å². The van der Waals surface area contributed by atoms with Crippen LogP contribution in [0, 0.1) is 0 Å². The van der Waals surface area contributed by atoms with Crippen molar-refractivity contribution < 1.29 is 24.0 Å². The summed E-state index contributed by atoms with van der Waals surface area (Å²) in [6.07, 6.45) is 0.493. The lowest BCUT2D eigenvalue weighted by Gasteiger charge is -2.11. The van der Waals surface area contributed by atoms with Gasteiger partial charge in [-0.2, -0.15) is 0 Å². The van der Waals surface area contributed by atoms with Crippen molar-refractivity contribution >= 4 is 24.2 Å². The molecule has 0 saturated carbocycles. The number of hydroxylamine groups is 2. The molecule has 7 nitrogen and oxygen atoms in total. The molecule has 82 valence electrons. The summed E-state index contributed by atoms with van der Waals surface area (Å²) in [7, 11) is 0. The second kappa shape index (κ2) is 5.08. The molecule has 1 N–H and O–H groups in total. The zero-order valence-corrected chi connectivity index (χ0v) is 7.89. The number of amides is 3. The van der Waals surface area contributed by atoms with Gasteiger partial charge in [0.05, 0.1) is 6.42 Å². The van der Waals surface area contributed by atoms with Crippen LogP contribution < -0.4 is 5.32 Å². The number of hydrogen-bond acceptors (Lipinski definition) is 5. The Morgan fingerprint density at radius 1 is 1.40 bits per heavy atom. The molecule has 15 heavy (non-hydrogen) atoms. The molecule has 1 aliphatic rings. The summed E-state index contributed by atoms with van der Waals surface area (Å²) in [5, 5.41) is 2.73. The third-order valence-corrected chi connectivity index (χ3v) is 1.76. The van der Waals surface area contributed by atoms with Gasteiger partial charge in [0.15, 0.2) is 0 Å². The number of imide groups is 1. The van der Waals surface area contributed by atoms with Crippen molar-refractivity contribution in [2.75, 3.05) is 6.54 Å². The monoisotopic (exact) mass is 214 g/mol. The maximum atomic E-state index is 11.0. The van der Waals surface area contributed by atoms with E-state index in [2.05, 4.69) is 10.2 Å². The van der Waals surface area contributed by atoms with Crippen molar-refractivity contribution in [1.29, 1.82) is 0 Å². The van der Waals surface area contributed by atoms with E-state index < -0.39 is 17.8 Å². The van der Waals surface area contributed by atoms with E-state index in [-0.39, 0.29) is 25.8 Å². The molecular weight excluding hydrogens is 204 g/mol. The maximum absolute atomic E-state index is 11.0. The molecule has 1 aliphatic heterocycles. The van der Waals surface area contributed by atoms with Crippen molar-refractivity contribution in [3.8, 4) is 0 Å². The summed E-state index contributed by atoms with van der Waals surface area (Å²) in [4.78, 5) is 47.4. The Labute approximate surface area is 85.3 Å². The Kier molecular flexibility index (Phi) is 3.78. The van der Waals surface area contributed by atoms with Gasteiger partial charge >= 0.3 is 5.97 Å². The minimum absolute atomic E-state index is 0.0682. The van der Waals surface area contributed by atoms with E-state index in [1.807, 2.05) is 0 Å². The summed E-state index contributed by atoms with van der Waals surface area (Å²) in [6.45, 7) is 0.110. The SMILES string of the molecule is O=CNCCC(=O)ON1C(=O)CCC1=O. The fourth-order valence-corrected chi connectivity index (χ4v) is 1.04. The highest BCUT2D eigenvalue weighted by Crippen LogP contribution is 2.12. The van der Waals surface area contributed by atoms with E-state index >= 15 is 0 Å². The zero-order valence-electron chi connectivity index (χ0n) is 7.89.